The van der Waals surface area contributed by atoms with Crippen molar-refractivity contribution in [1.29, 1.82) is 0 Å². The third-order valence-corrected chi connectivity index (χ3v) is 4.96. The Labute approximate surface area is 154 Å². The van der Waals surface area contributed by atoms with E-state index in [0.29, 0.717) is 16.1 Å². The second-order valence-electron chi connectivity index (χ2n) is 5.83. The van der Waals surface area contributed by atoms with Crippen LogP contribution in [0.25, 0.3) is 5.69 Å². The van der Waals surface area contributed by atoms with Crippen molar-refractivity contribution in [3.8, 4) is 5.69 Å². The van der Waals surface area contributed by atoms with Crippen molar-refractivity contribution < 1.29 is 14.3 Å². The van der Waals surface area contributed by atoms with E-state index in [1.165, 1.54) is 22.3 Å². The van der Waals surface area contributed by atoms with Crippen LogP contribution in [0.2, 0.25) is 0 Å². The molecule has 0 radical (unpaired) electrons. The molecule has 26 heavy (non-hydrogen) atoms. The Hall–Kier alpha value is -2.81. The number of ether oxygens (including phenoxy) is 1. The maximum absolute atomic E-state index is 12.5. The molecule has 3 aromatic rings. The molecule has 136 valence electrons. The van der Waals surface area contributed by atoms with Gasteiger partial charge in [-0.3, -0.25) is 4.79 Å². The summed E-state index contributed by atoms with van der Waals surface area (Å²) in [4.78, 5) is 25.2. The molecule has 8 nitrogen and oxygen atoms in total. The number of aryl methyl sites for hydroxylation is 1. The van der Waals surface area contributed by atoms with Crippen molar-refractivity contribution in [3.63, 3.8) is 0 Å². The molecule has 0 spiro atoms. The van der Waals surface area contributed by atoms with Gasteiger partial charge in [-0.25, -0.2) is 4.79 Å². The van der Waals surface area contributed by atoms with E-state index in [9.17, 15) is 9.59 Å². The molecule has 0 unspecified atom stereocenters. The molecule has 0 bridgehead atoms. The number of rotatable bonds is 7. The maximum atomic E-state index is 12.5. The SMILES string of the molecule is CCCn1c(C)cc(C(=O)COC(=O)c2sccc2-n2cnnn2)c1C. The zero-order chi connectivity index (χ0) is 18.7. The number of carbonyl (C=O) groups excluding carboxylic acids is 2. The fourth-order valence-corrected chi connectivity index (χ4v) is 3.60. The molecule has 0 fully saturated rings. The van der Waals surface area contributed by atoms with Crippen molar-refractivity contribution in [1.82, 2.24) is 24.8 Å². The number of nitrogens with zero attached hydrogens (tertiary/aromatic N) is 5. The molecule has 9 heteroatoms. The second kappa shape index (κ2) is 7.61. The average Bonchev–Trinajstić information content (AvgIpc) is 3.35. The largest absolute Gasteiger partial charge is 0.453 e. The van der Waals surface area contributed by atoms with E-state index in [-0.39, 0.29) is 12.4 Å². The molecule has 3 rings (SSSR count). The van der Waals surface area contributed by atoms with Gasteiger partial charge in [-0.15, -0.1) is 16.4 Å². The van der Waals surface area contributed by atoms with Crippen LogP contribution in [0, 0.1) is 13.8 Å². The van der Waals surface area contributed by atoms with Crippen LogP contribution in [-0.4, -0.2) is 43.1 Å². The fraction of sp³-hybridized carbons (Fsp3) is 0.353. The van der Waals surface area contributed by atoms with Gasteiger partial charge in [-0.2, -0.15) is 4.68 Å². The van der Waals surface area contributed by atoms with Crippen LogP contribution in [0.4, 0.5) is 0 Å². The molecule has 0 amide bonds. The lowest BCUT2D eigenvalue weighted by Gasteiger charge is -2.08. The van der Waals surface area contributed by atoms with Gasteiger partial charge in [0.1, 0.15) is 11.2 Å². The zero-order valence-electron chi connectivity index (χ0n) is 14.8. The Kier molecular flexibility index (Phi) is 5.27. The van der Waals surface area contributed by atoms with Gasteiger partial charge in [-0.05, 0) is 48.2 Å². The van der Waals surface area contributed by atoms with Crippen LogP contribution < -0.4 is 0 Å². The first-order valence-corrected chi connectivity index (χ1v) is 9.08. The quantitative estimate of drug-likeness (QED) is 0.467. The van der Waals surface area contributed by atoms with Gasteiger partial charge in [0.05, 0.1) is 5.69 Å². The molecule has 0 aliphatic carbocycles. The van der Waals surface area contributed by atoms with Crippen LogP contribution in [0.1, 0.15) is 44.8 Å². The molecular weight excluding hydrogens is 354 g/mol. The van der Waals surface area contributed by atoms with E-state index in [0.717, 1.165) is 24.4 Å². The minimum atomic E-state index is -0.568. The average molecular weight is 373 g/mol. The number of hydrogen-bond acceptors (Lipinski definition) is 7. The van der Waals surface area contributed by atoms with E-state index >= 15 is 0 Å². The lowest BCUT2D eigenvalue weighted by atomic mass is 10.1. The third-order valence-electron chi connectivity index (χ3n) is 4.08. The minimum absolute atomic E-state index is 0.214. The molecule has 0 aromatic carbocycles. The predicted molar refractivity (Wildman–Crippen MR) is 95.8 cm³/mol. The van der Waals surface area contributed by atoms with Crippen LogP contribution >= 0.6 is 11.3 Å². The van der Waals surface area contributed by atoms with Gasteiger partial charge in [0, 0.05) is 23.5 Å². The Morgan fingerprint density at radius 2 is 2.12 bits per heavy atom. The molecule has 0 saturated carbocycles. The number of thiophene rings is 1. The Balaban J connectivity index is 1.70. The van der Waals surface area contributed by atoms with Crippen LogP contribution in [-0.2, 0) is 11.3 Å². The normalized spacial score (nSPS) is 10.9. The number of carbonyl (C=O) groups is 2. The van der Waals surface area contributed by atoms with Gasteiger partial charge in [0.25, 0.3) is 0 Å². The first kappa shape index (κ1) is 18.0. The smallest absolute Gasteiger partial charge is 0.351 e. The Morgan fingerprint density at radius 3 is 2.81 bits per heavy atom. The molecule has 3 heterocycles. The summed E-state index contributed by atoms with van der Waals surface area (Å²) in [7, 11) is 0. The molecular formula is C17H19N5O3S. The highest BCUT2D eigenvalue weighted by molar-refractivity contribution is 7.12. The van der Waals surface area contributed by atoms with Crippen molar-refractivity contribution in [3.05, 3.63) is 45.7 Å². The molecule has 0 atom stereocenters. The number of esters is 1. The van der Waals surface area contributed by atoms with Crippen LogP contribution in [0.5, 0.6) is 0 Å². The summed E-state index contributed by atoms with van der Waals surface area (Å²) in [6.07, 6.45) is 2.38. The van der Waals surface area contributed by atoms with Gasteiger partial charge in [0.2, 0.25) is 5.78 Å². The zero-order valence-corrected chi connectivity index (χ0v) is 15.6. The second-order valence-corrected chi connectivity index (χ2v) is 6.74. The van der Waals surface area contributed by atoms with Gasteiger partial charge >= 0.3 is 5.97 Å². The molecule has 0 saturated heterocycles. The topological polar surface area (TPSA) is 91.9 Å². The molecule has 3 aromatic heterocycles. The minimum Gasteiger partial charge on any atom is -0.453 e. The van der Waals surface area contributed by atoms with Crippen molar-refractivity contribution in [2.45, 2.75) is 33.7 Å². The van der Waals surface area contributed by atoms with Gasteiger partial charge in [-0.1, -0.05) is 6.92 Å². The summed E-state index contributed by atoms with van der Waals surface area (Å²) < 4.78 is 8.72. The van der Waals surface area contributed by atoms with Gasteiger partial charge in [0.15, 0.2) is 6.61 Å². The first-order chi connectivity index (χ1) is 12.5. The van der Waals surface area contributed by atoms with Crippen molar-refractivity contribution >= 4 is 23.1 Å². The van der Waals surface area contributed by atoms with Crippen LogP contribution in [0.3, 0.4) is 0 Å². The van der Waals surface area contributed by atoms with Crippen molar-refractivity contribution in [2.24, 2.45) is 0 Å². The Bertz CT molecular complexity index is 927. The van der Waals surface area contributed by atoms with Crippen LogP contribution in [0.15, 0.2) is 23.8 Å². The van der Waals surface area contributed by atoms with E-state index < -0.39 is 5.97 Å². The highest BCUT2D eigenvalue weighted by Crippen LogP contribution is 2.21. The number of aromatic nitrogens is 5. The van der Waals surface area contributed by atoms with E-state index in [2.05, 4.69) is 27.0 Å². The van der Waals surface area contributed by atoms with E-state index in [1.807, 2.05) is 19.9 Å². The highest BCUT2D eigenvalue weighted by Gasteiger charge is 2.20. The molecule has 0 aliphatic heterocycles. The highest BCUT2D eigenvalue weighted by atomic mass is 32.1. The van der Waals surface area contributed by atoms with E-state index in [1.54, 1.807) is 11.4 Å². The number of tetrazole rings is 1. The monoisotopic (exact) mass is 373 g/mol. The van der Waals surface area contributed by atoms with Crippen molar-refractivity contribution in [2.75, 3.05) is 6.61 Å². The molecule has 0 N–H and O–H groups in total. The standard InChI is InChI=1S/C17H19N5O3S/c1-4-6-21-11(2)8-13(12(21)3)15(23)9-25-17(24)16-14(5-7-26-16)22-10-18-19-20-22/h5,7-8,10H,4,6,9H2,1-3H3. The van der Waals surface area contributed by atoms with E-state index in [4.69, 9.17) is 4.74 Å². The fourth-order valence-electron chi connectivity index (χ4n) is 2.83. The maximum Gasteiger partial charge on any atom is 0.351 e. The predicted octanol–water partition coefficient (Wildman–Crippen LogP) is 2.59. The number of ketones is 1. The number of Topliss-reactive ketones (excluding diaryl/α,β-unsaturated/α-hetero) is 1. The summed E-state index contributed by atoms with van der Waals surface area (Å²) in [6.45, 7) is 6.52. The summed E-state index contributed by atoms with van der Waals surface area (Å²) in [5.41, 5.74) is 3.04. The molecule has 0 aliphatic rings. The summed E-state index contributed by atoms with van der Waals surface area (Å²) in [6, 6.07) is 3.57. The number of hydrogen-bond donors (Lipinski definition) is 0. The summed E-state index contributed by atoms with van der Waals surface area (Å²) in [5, 5.41) is 12.6. The first-order valence-electron chi connectivity index (χ1n) is 8.20. The summed E-state index contributed by atoms with van der Waals surface area (Å²) in [5.74, 6) is -0.782. The Morgan fingerprint density at radius 1 is 1.31 bits per heavy atom. The summed E-state index contributed by atoms with van der Waals surface area (Å²) >= 11 is 1.21. The lowest BCUT2D eigenvalue weighted by Crippen LogP contribution is -2.15. The lowest BCUT2D eigenvalue weighted by molar-refractivity contribution is 0.0479. The van der Waals surface area contributed by atoms with Gasteiger partial charge < -0.3 is 9.30 Å². The third kappa shape index (κ3) is 3.43.